The SMILES string of the molecule is COC(=O)[C@]1(c2ccccc2)N[C@@H](c2ccc(O)c(OC)c2)[C@@H]2C(=O)N(c3ccc(C)cc3)C(=O)[C@H]21. The van der Waals surface area contributed by atoms with Gasteiger partial charge in [-0.1, -0.05) is 54.1 Å². The summed E-state index contributed by atoms with van der Waals surface area (Å²) in [6.07, 6.45) is 0. The minimum atomic E-state index is -1.61. The molecule has 2 aliphatic rings. The number of methoxy groups -OCH3 is 2. The van der Waals surface area contributed by atoms with Gasteiger partial charge in [0.15, 0.2) is 17.0 Å². The van der Waals surface area contributed by atoms with E-state index in [-0.39, 0.29) is 11.5 Å². The monoisotopic (exact) mass is 486 g/mol. The number of aryl methyl sites for hydroxylation is 1. The summed E-state index contributed by atoms with van der Waals surface area (Å²) in [5, 5.41) is 13.5. The van der Waals surface area contributed by atoms with Crippen LogP contribution in [0.15, 0.2) is 72.8 Å². The van der Waals surface area contributed by atoms with Crippen LogP contribution in [0.1, 0.15) is 22.7 Å². The fourth-order valence-corrected chi connectivity index (χ4v) is 5.46. The maximum Gasteiger partial charge on any atom is 0.331 e. The standard InChI is InChI=1S/C28H26N2O6/c1-16-9-12-19(13-10-16)30-25(32)22-23(26(30)33)28(27(34)36-3,18-7-5-4-6-8-18)29-24(22)17-11-14-20(31)21(15-17)35-2/h4-15,22-24,29,31H,1-3H3/t22-,23+,24+,28-/m1/s1. The van der Waals surface area contributed by atoms with Crippen molar-refractivity contribution in [3.05, 3.63) is 89.5 Å². The van der Waals surface area contributed by atoms with Crippen LogP contribution in [0.25, 0.3) is 0 Å². The Morgan fingerprint density at radius 1 is 0.972 bits per heavy atom. The highest BCUT2D eigenvalue weighted by molar-refractivity contribution is 6.24. The van der Waals surface area contributed by atoms with Gasteiger partial charge in [-0.15, -0.1) is 0 Å². The first-order valence-corrected chi connectivity index (χ1v) is 11.6. The van der Waals surface area contributed by atoms with Crippen molar-refractivity contribution in [2.24, 2.45) is 11.8 Å². The molecule has 0 aromatic heterocycles. The molecular weight excluding hydrogens is 460 g/mol. The smallest absolute Gasteiger partial charge is 0.331 e. The molecule has 184 valence electrons. The molecule has 2 amide bonds. The Balaban J connectivity index is 1.73. The van der Waals surface area contributed by atoms with Gasteiger partial charge in [0.05, 0.1) is 31.7 Å². The van der Waals surface area contributed by atoms with Crippen molar-refractivity contribution in [1.82, 2.24) is 5.32 Å². The van der Waals surface area contributed by atoms with Gasteiger partial charge in [-0.3, -0.25) is 14.9 Å². The fraction of sp³-hybridized carbons (Fsp3) is 0.250. The minimum absolute atomic E-state index is 0.0619. The van der Waals surface area contributed by atoms with Gasteiger partial charge in [-0.05, 0) is 42.3 Å². The number of anilines is 1. The summed E-state index contributed by atoms with van der Waals surface area (Å²) in [5.74, 6) is -3.38. The maximum atomic E-state index is 14.0. The molecule has 36 heavy (non-hydrogen) atoms. The molecular formula is C28H26N2O6. The molecule has 0 saturated carbocycles. The topological polar surface area (TPSA) is 105 Å². The lowest BCUT2D eigenvalue weighted by Gasteiger charge is -2.33. The summed E-state index contributed by atoms with van der Waals surface area (Å²) in [6, 6.07) is 19.9. The summed E-state index contributed by atoms with van der Waals surface area (Å²) >= 11 is 0. The number of benzene rings is 3. The van der Waals surface area contributed by atoms with Gasteiger partial charge in [0.25, 0.3) is 0 Å². The normalized spacial score (nSPS) is 25.1. The first-order valence-electron chi connectivity index (χ1n) is 11.6. The number of imide groups is 1. The lowest BCUT2D eigenvalue weighted by Crippen LogP contribution is -2.53. The van der Waals surface area contributed by atoms with Crippen LogP contribution in [0.2, 0.25) is 0 Å². The molecule has 3 aromatic rings. The van der Waals surface area contributed by atoms with E-state index in [1.165, 1.54) is 25.2 Å². The molecule has 5 rings (SSSR count). The Morgan fingerprint density at radius 3 is 2.31 bits per heavy atom. The van der Waals surface area contributed by atoms with E-state index in [1.54, 1.807) is 48.5 Å². The molecule has 0 bridgehead atoms. The van der Waals surface area contributed by atoms with E-state index >= 15 is 0 Å². The van der Waals surface area contributed by atoms with Gasteiger partial charge in [0.2, 0.25) is 11.8 Å². The first-order chi connectivity index (χ1) is 17.3. The summed E-state index contributed by atoms with van der Waals surface area (Å²) < 4.78 is 10.5. The van der Waals surface area contributed by atoms with Gasteiger partial charge >= 0.3 is 5.97 Å². The average molecular weight is 487 g/mol. The number of carbonyl (C=O) groups excluding carboxylic acids is 3. The van der Waals surface area contributed by atoms with Crippen molar-refractivity contribution in [3.63, 3.8) is 0 Å². The molecule has 2 fully saturated rings. The summed E-state index contributed by atoms with van der Waals surface area (Å²) in [7, 11) is 2.69. The van der Waals surface area contributed by atoms with Crippen LogP contribution in [-0.2, 0) is 24.7 Å². The number of nitrogens with zero attached hydrogens (tertiary/aromatic N) is 1. The number of esters is 1. The molecule has 0 radical (unpaired) electrons. The molecule has 2 aliphatic heterocycles. The molecule has 0 aliphatic carbocycles. The van der Waals surface area contributed by atoms with Crippen LogP contribution in [-0.4, -0.2) is 37.1 Å². The third-order valence-electron chi connectivity index (χ3n) is 7.15. The number of carbonyl (C=O) groups is 3. The van der Waals surface area contributed by atoms with E-state index in [4.69, 9.17) is 9.47 Å². The zero-order valence-electron chi connectivity index (χ0n) is 20.1. The van der Waals surface area contributed by atoms with E-state index in [0.717, 1.165) is 5.56 Å². The molecule has 0 spiro atoms. The molecule has 2 saturated heterocycles. The molecule has 3 aromatic carbocycles. The number of phenols is 1. The predicted molar refractivity (Wildman–Crippen MR) is 131 cm³/mol. The molecule has 4 atom stereocenters. The van der Waals surface area contributed by atoms with E-state index in [1.807, 2.05) is 25.1 Å². The number of hydrogen-bond donors (Lipinski definition) is 2. The van der Waals surface area contributed by atoms with Crippen LogP contribution in [0.3, 0.4) is 0 Å². The zero-order chi connectivity index (χ0) is 25.6. The molecule has 8 heteroatoms. The Kier molecular flexibility index (Phi) is 5.76. The van der Waals surface area contributed by atoms with E-state index in [0.29, 0.717) is 16.8 Å². The van der Waals surface area contributed by atoms with Crippen molar-refractivity contribution in [2.75, 3.05) is 19.1 Å². The zero-order valence-corrected chi connectivity index (χ0v) is 20.1. The average Bonchev–Trinajstić information content (AvgIpc) is 3.39. The Labute approximate surface area is 208 Å². The fourth-order valence-electron chi connectivity index (χ4n) is 5.46. The highest BCUT2D eigenvalue weighted by Gasteiger charge is 2.69. The van der Waals surface area contributed by atoms with Gasteiger partial charge in [0, 0.05) is 6.04 Å². The van der Waals surface area contributed by atoms with Gasteiger partial charge < -0.3 is 14.6 Å². The van der Waals surface area contributed by atoms with Crippen molar-refractivity contribution < 1.29 is 29.0 Å². The van der Waals surface area contributed by atoms with Crippen LogP contribution in [0.4, 0.5) is 5.69 Å². The van der Waals surface area contributed by atoms with Crippen LogP contribution < -0.4 is 15.0 Å². The minimum Gasteiger partial charge on any atom is -0.504 e. The van der Waals surface area contributed by atoms with Crippen LogP contribution in [0.5, 0.6) is 11.5 Å². The van der Waals surface area contributed by atoms with E-state index < -0.39 is 41.2 Å². The summed E-state index contributed by atoms with van der Waals surface area (Å²) in [5.41, 5.74) is 0.934. The lowest BCUT2D eigenvalue weighted by atomic mass is 9.75. The first kappa shape index (κ1) is 23.6. The van der Waals surface area contributed by atoms with Crippen molar-refractivity contribution in [3.8, 4) is 11.5 Å². The van der Waals surface area contributed by atoms with E-state index in [9.17, 15) is 19.5 Å². The number of nitrogens with one attached hydrogen (secondary N) is 1. The van der Waals surface area contributed by atoms with Crippen molar-refractivity contribution in [2.45, 2.75) is 18.5 Å². The Morgan fingerprint density at radius 2 is 1.67 bits per heavy atom. The molecule has 2 heterocycles. The molecule has 2 N–H and O–H groups in total. The third-order valence-corrected chi connectivity index (χ3v) is 7.15. The quantitative estimate of drug-likeness (QED) is 0.421. The number of rotatable bonds is 5. The van der Waals surface area contributed by atoms with Crippen molar-refractivity contribution in [1.29, 1.82) is 0 Å². The Hall–Kier alpha value is -4.17. The van der Waals surface area contributed by atoms with E-state index in [2.05, 4.69) is 5.32 Å². The predicted octanol–water partition coefficient (Wildman–Crippen LogP) is 3.23. The molecule has 8 nitrogen and oxygen atoms in total. The number of hydrogen-bond acceptors (Lipinski definition) is 7. The second-order valence-electron chi connectivity index (χ2n) is 9.07. The Bertz CT molecular complexity index is 1340. The van der Waals surface area contributed by atoms with Crippen LogP contribution >= 0.6 is 0 Å². The molecule has 0 unspecified atom stereocenters. The number of aromatic hydroxyl groups is 1. The second kappa shape index (κ2) is 8.80. The third kappa shape index (κ3) is 3.37. The van der Waals surface area contributed by atoms with Gasteiger partial charge in [-0.2, -0.15) is 0 Å². The van der Waals surface area contributed by atoms with Crippen LogP contribution in [0, 0.1) is 18.8 Å². The van der Waals surface area contributed by atoms with Gasteiger partial charge in [0.1, 0.15) is 0 Å². The number of amides is 2. The maximum absolute atomic E-state index is 14.0. The number of phenolic OH excluding ortho intramolecular Hbond substituents is 1. The highest BCUT2D eigenvalue weighted by atomic mass is 16.5. The van der Waals surface area contributed by atoms with Gasteiger partial charge in [-0.25, -0.2) is 9.69 Å². The largest absolute Gasteiger partial charge is 0.504 e. The number of ether oxygens (including phenoxy) is 2. The highest BCUT2D eigenvalue weighted by Crippen LogP contribution is 2.54. The second-order valence-corrected chi connectivity index (χ2v) is 9.07. The summed E-state index contributed by atoms with van der Waals surface area (Å²) in [6.45, 7) is 1.92. The number of fused-ring (bicyclic) bond motifs is 1. The lowest BCUT2D eigenvalue weighted by molar-refractivity contribution is -0.152. The summed E-state index contributed by atoms with van der Waals surface area (Å²) in [4.78, 5) is 42.7. The van der Waals surface area contributed by atoms with Crippen molar-refractivity contribution >= 4 is 23.5 Å².